The summed E-state index contributed by atoms with van der Waals surface area (Å²) in [6, 6.07) is 10.7. The number of fused-ring (bicyclic) bond motifs is 2. The van der Waals surface area contributed by atoms with Crippen LogP contribution in [-0.2, 0) is 22.6 Å². The van der Waals surface area contributed by atoms with Crippen molar-refractivity contribution >= 4 is 16.9 Å². The van der Waals surface area contributed by atoms with Crippen LogP contribution in [0.3, 0.4) is 0 Å². The van der Waals surface area contributed by atoms with Crippen LogP contribution in [0.4, 0.5) is 0 Å². The molecule has 0 unspecified atom stereocenters. The maximum atomic E-state index is 12.3. The Balaban J connectivity index is 1.44. The molecule has 0 amide bonds. The Bertz CT molecular complexity index is 1190. The summed E-state index contributed by atoms with van der Waals surface area (Å²) in [5.74, 6) is 0.662. The maximum Gasteiger partial charge on any atom is 0.344 e. The summed E-state index contributed by atoms with van der Waals surface area (Å²) in [5.41, 5.74) is 3.44. The monoisotopic (exact) mass is 408 g/mol. The van der Waals surface area contributed by atoms with Gasteiger partial charge in [0.15, 0.2) is 18.1 Å². The molecule has 4 rings (SSSR count). The second-order valence-electron chi connectivity index (χ2n) is 8.26. The van der Waals surface area contributed by atoms with Crippen molar-refractivity contribution < 1.29 is 23.4 Å². The molecule has 6 nitrogen and oxygen atoms in total. The quantitative estimate of drug-likeness (QED) is 0.464. The van der Waals surface area contributed by atoms with Gasteiger partial charge in [-0.05, 0) is 57.0 Å². The Morgan fingerprint density at radius 1 is 1.13 bits per heavy atom. The Morgan fingerprint density at radius 2 is 1.90 bits per heavy atom. The van der Waals surface area contributed by atoms with Crippen LogP contribution in [0.5, 0.6) is 11.5 Å². The average Bonchev–Trinajstić information content (AvgIpc) is 3.00. The molecule has 1 aromatic heterocycles. The van der Waals surface area contributed by atoms with Gasteiger partial charge in [-0.25, -0.2) is 9.59 Å². The summed E-state index contributed by atoms with van der Waals surface area (Å²) < 4.78 is 22.2. The van der Waals surface area contributed by atoms with E-state index in [0.29, 0.717) is 22.6 Å². The topological polar surface area (TPSA) is 75.0 Å². The van der Waals surface area contributed by atoms with Crippen molar-refractivity contribution in [3.63, 3.8) is 0 Å². The minimum Gasteiger partial charge on any atom is -0.483 e. The minimum absolute atomic E-state index is 0.0385. The molecule has 2 aromatic carbocycles. The summed E-state index contributed by atoms with van der Waals surface area (Å²) in [7, 11) is 0. The lowest BCUT2D eigenvalue weighted by Crippen LogP contribution is -2.24. The van der Waals surface area contributed by atoms with E-state index >= 15 is 0 Å². The first kappa shape index (κ1) is 20.0. The van der Waals surface area contributed by atoms with E-state index in [0.717, 1.165) is 28.5 Å². The molecule has 6 heteroatoms. The third-order valence-electron chi connectivity index (χ3n) is 5.23. The number of ether oxygens (including phenoxy) is 3. The van der Waals surface area contributed by atoms with Crippen LogP contribution < -0.4 is 15.1 Å². The number of para-hydroxylation sites is 1. The van der Waals surface area contributed by atoms with Gasteiger partial charge in [0.25, 0.3) is 0 Å². The molecule has 2 heterocycles. The van der Waals surface area contributed by atoms with Gasteiger partial charge in [-0.15, -0.1) is 0 Å². The first-order valence-corrected chi connectivity index (χ1v) is 9.85. The highest BCUT2D eigenvalue weighted by molar-refractivity contribution is 5.82. The summed E-state index contributed by atoms with van der Waals surface area (Å²) >= 11 is 0. The molecule has 0 N–H and O–H groups in total. The second-order valence-corrected chi connectivity index (χ2v) is 8.26. The van der Waals surface area contributed by atoms with Crippen molar-refractivity contribution in [1.29, 1.82) is 0 Å². The third kappa shape index (κ3) is 4.03. The molecule has 1 aliphatic rings. The van der Waals surface area contributed by atoms with Crippen LogP contribution in [0.2, 0.25) is 0 Å². The fraction of sp³-hybridized carbons (Fsp3) is 0.333. The standard InChI is InChI=1S/C24H24O6/c1-14-8-18-17(10-21(25)29-20(18)9-15(14)2)12-28-22(26)13-27-19-7-5-6-16-11-24(3,4)30-23(16)19/h5-10H,11-13H2,1-4H3. The number of benzene rings is 2. The number of hydrogen-bond acceptors (Lipinski definition) is 6. The van der Waals surface area contributed by atoms with E-state index in [1.165, 1.54) is 6.07 Å². The number of rotatable bonds is 5. The number of esters is 1. The van der Waals surface area contributed by atoms with Crippen molar-refractivity contribution in [3.8, 4) is 11.5 Å². The first-order chi connectivity index (χ1) is 14.2. The zero-order valence-corrected chi connectivity index (χ0v) is 17.5. The van der Waals surface area contributed by atoms with E-state index in [4.69, 9.17) is 18.6 Å². The van der Waals surface area contributed by atoms with Crippen molar-refractivity contribution in [2.45, 2.75) is 46.3 Å². The van der Waals surface area contributed by atoms with Crippen LogP contribution in [0, 0.1) is 13.8 Å². The van der Waals surface area contributed by atoms with Gasteiger partial charge in [-0.3, -0.25) is 0 Å². The molecule has 0 fully saturated rings. The Hall–Kier alpha value is -3.28. The molecule has 0 atom stereocenters. The highest BCUT2D eigenvalue weighted by Gasteiger charge is 2.32. The molecule has 0 aliphatic carbocycles. The van der Waals surface area contributed by atoms with Gasteiger partial charge in [0.05, 0.1) is 0 Å². The number of carbonyl (C=O) groups is 1. The molecule has 0 bridgehead atoms. The van der Waals surface area contributed by atoms with Crippen molar-refractivity contribution in [2.75, 3.05) is 6.61 Å². The molecule has 1 aliphatic heterocycles. The molecular formula is C24H24O6. The third-order valence-corrected chi connectivity index (χ3v) is 5.23. The van der Waals surface area contributed by atoms with Crippen molar-refractivity contribution in [1.82, 2.24) is 0 Å². The van der Waals surface area contributed by atoms with E-state index in [1.807, 2.05) is 52.0 Å². The molecule has 30 heavy (non-hydrogen) atoms. The van der Waals surface area contributed by atoms with E-state index < -0.39 is 11.6 Å². The smallest absolute Gasteiger partial charge is 0.344 e. The molecule has 0 saturated carbocycles. The predicted octanol–water partition coefficient (Wildman–Crippen LogP) is 4.25. The molecule has 0 radical (unpaired) electrons. The molecule has 156 valence electrons. The lowest BCUT2D eigenvalue weighted by Gasteiger charge is -2.18. The lowest BCUT2D eigenvalue weighted by atomic mass is 10.0. The Morgan fingerprint density at radius 3 is 2.70 bits per heavy atom. The van der Waals surface area contributed by atoms with Gasteiger partial charge >= 0.3 is 11.6 Å². The Kier molecular flexibility index (Phi) is 5.02. The summed E-state index contributed by atoms with van der Waals surface area (Å²) in [5, 5.41) is 0.753. The maximum absolute atomic E-state index is 12.3. The van der Waals surface area contributed by atoms with Crippen molar-refractivity contribution in [3.05, 3.63) is 69.1 Å². The van der Waals surface area contributed by atoms with E-state index in [9.17, 15) is 9.59 Å². The first-order valence-electron chi connectivity index (χ1n) is 9.85. The number of aryl methyl sites for hydroxylation is 2. The molecule has 0 saturated heterocycles. The van der Waals surface area contributed by atoms with Crippen LogP contribution >= 0.6 is 0 Å². The van der Waals surface area contributed by atoms with Gasteiger partial charge in [-0.2, -0.15) is 0 Å². The summed E-state index contributed by atoms with van der Waals surface area (Å²) in [4.78, 5) is 24.1. The van der Waals surface area contributed by atoms with Crippen molar-refractivity contribution in [2.24, 2.45) is 0 Å². The average molecular weight is 408 g/mol. The largest absolute Gasteiger partial charge is 0.483 e. The second kappa shape index (κ2) is 7.52. The van der Waals surface area contributed by atoms with E-state index in [1.54, 1.807) is 6.07 Å². The van der Waals surface area contributed by atoms with Crippen LogP contribution in [0.1, 0.15) is 36.1 Å². The van der Waals surface area contributed by atoms with Gasteiger partial charge in [0.1, 0.15) is 17.8 Å². The predicted molar refractivity (Wildman–Crippen MR) is 112 cm³/mol. The van der Waals surface area contributed by atoms with E-state index in [-0.39, 0.29) is 18.8 Å². The van der Waals surface area contributed by atoms with Gasteiger partial charge in [-0.1, -0.05) is 12.1 Å². The van der Waals surface area contributed by atoms with Gasteiger partial charge in [0.2, 0.25) is 0 Å². The van der Waals surface area contributed by atoms with Crippen LogP contribution in [0.15, 0.2) is 45.6 Å². The van der Waals surface area contributed by atoms with Gasteiger partial charge < -0.3 is 18.6 Å². The summed E-state index contributed by atoms with van der Waals surface area (Å²) in [6.07, 6.45) is 0.784. The minimum atomic E-state index is -0.532. The van der Waals surface area contributed by atoms with E-state index in [2.05, 4.69) is 0 Å². The fourth-order valence-corrected chi connectivity index (χ4v) is 3.64. The Labute approximate surface area is 174 Å². The zero-order chi connectivity index (χ0) is 21.5. The van der Waals surface area contributed by atoms with Crippen LogP contribution in [-0.4, -0.2) is 18.2 Å². The number of hydrogen-bond donors (Lipinski definition) is 0. The molecular weight excluding hydrogens is 384 g/mol. The number of carbonyl (C=O) groups excluding carboxylic acids is 1. The normalized spacial score (nSPS) is 14.3. The highest BCUT2D eigenvalue weighted by Crippen LogP contribution is 2.41. The highest BCUT2D eigenvalue weighted by atomic mass is 16.6. The molecule has 3 aromatic rings. The fourth-order valence-electron chi connectivity index (χ4n) is 3.64. The lowest BCUT2D eigenvalue weighted by molar-refractivity contribution is -0.147. The zero-order valence-electron chi connectivity index (χ0n) is 17.5. The molecule has 0 spiro atoms. The van der Waals surface area contributed by atoms with Crippen LogP contribution in [0.25, 0.3) is 11.0 Å². The van der Waals surface area contributed by atoms with Gasteiger partial charge in [0, 0.05) is 29.0 Å². The summed E-state index contributed by atoms with van der Waals surface area (Å²) in [6.45, 7) is 7.65. The SMILES string of the molecule is Cc1cc2oc(=O)cc(COC(=O)COc3cccc4c3OC(C)(C)C4)c2cc1C.